The minimum Gasteiger partial charge on any atom is -0.467 e. The molecule has 3 aromatic rings. The number of ether oxygens (including phenoxy) is 1. The molecule has 7 nitrogen and oxygen atoms in total. The van der Waals surface area contributed by atoms with Crippen molar-refractivity contribution in [2.24, 2.45) is 0 Å². The number of hydrogen-bond acceptors (Lipinski definition) is 6. The number of hydrogen-bond donors (Lipinski definition) is 1. The van der Waals surface area contributed by atoms with Crippen molar-refractivity contribution in [2.45, 2.75) is 20.4 Å². The number of carbonyl (C=O) groups excluding carboxylic acids is 1. The first kappa shape index (κ1) is 15.3. The number of H-pyrrole nitrogens is 1. The maximum Gasteiger partial charge on any atom is 0.348 e. The fourth-order valence-corrected chi connectivity index (χ4v) is 3.43. The van der Waals surface area contributed by atoms with E-state index in [1.165, 1.54) is 6.26 Å². The molecule has 0 aliphatic carbocycles. The van der Waals surface area contributed by atoms with Crippen LogP contribution in [-0.4, -0.2) is 22.1 Å². The third-order valence-corrected chi connectivity index (χ3v) is 4.61. The van der Waals surface area contributed by atoms with Gasteiger partial charge in [-0.25, -0.2) is 9.59 Å². The van der Waals surface area contributed by atoms with Crippen LogP contribution in [-0.2, 0) is 11.3 Å². The van der Waals surface area contributed by atoms with Crippen molar-refractivity contribution in [2.75, 3.05) is 6.61 Å². The van der Waals surface area contributed by atoms with Gasteiger partial charge in [-0.15, -0.1) is 11.3 Å². The zero-order valence-electron chi connectivity index (χ0n) is 12.5. The Labute approximate surface area is 134 Å². The number of aromatic nitrogens is 2. The Morgan fingerprint density at radius 2 is 2.22 bits per heavy atom. The van der Waals surface area contributed by atoms with Crippen molar-refractivity contribution in [3.8, 4) is 0 Å². The van der Waals surface area contributed by atoms with E-state index in [9.17, 15) is 14.4 Å². The molecule has 0 saturated heterocycles. The molecule has 0 aliphatic heterocycles. The number of carbonyl (C=O) groups is 1. The summed E-state index contributed by atoms with van der Waals surface area (Å²) in [6.07, 6.45) is 1.47. The van der Waals surface area contributed by atoms with Crippen molar-refractivity contribution < 1.29 is 13.9 Å². The van der Waals surface area contributed by atoms with Gasteiger partial charge in [0.1, 0.15) is 15.5 Å². The molecule has 0 aromatic carbocycles. The van der Waals surface area contributed by atoms with E-state index < -0.39 is 17.2 Å². The van der Waals surface area contributed by atoms with Crippen LogP contribution in [0.5, 0.6) is 0 Å². The first-order chi connectivity index (χ1) is 11.0. The highest BCUT2D eigenvalue weighted by atomic mass is 32.1. The summed E-state index contributed by atoms with van der Waals surface area (Å²) >= 11 is 1.05. The van der Waals surface area contributed by atoms with E-state index in [2.05, 4.69) is 4.98 Å². The summed E-state index contributed by atoms with van der Waals surface area (Å²) in [5.41, 5.74) is -0.488. The highest BCUT2D eigenvalue weighted by Gasteiger charge is 2.21. The van der Waals surface area contributed by atoms with Gasteiger partial charge in [-0.2, -0.15) is 0 Å². The Morgan fingerprint density at radius 1 is 1.43 bits per heavy atom. The number of nitrogens with zero attached hydrogens (tertiary/aromatic N) is 1. The van der Waals surface area contributed by atoms with Crippen LogP contribution < -0.4 is 11.2 Å². The predicted molar refractivity (Wildman–Crippen MR) is 85.2 cm³/mol. The van der Waals surface area contributed by atoms with E-state index in [-0.39, 0.29) is 13.2 Å². The van der Waals surface area contributed by atoms with E-state index >= 15 is 0 Å². The van der Waals surface area contributed by atoms with Crippen molar-refractivity contribution in [3.63, 3.8) is 0 Å². The van der Waals surface area contributed by atoms with Gasteiger partial charge in [0.2, 0.25) is 0 Å². The number of esters is 1. The van der Waals surface area contributed by atoms with Crippen molar-refractivity contribution in [3.05, 3.63) is 55.4 Å². The van der Waals surface area contributed by atoms with Gasteiger partial charge in [0, 0.05) is 0 Å². The maximum absolute atomic E-state index is 12.6. The average Bonchev–Trinajstić information content (AvgIpc) is 3.12. The first-order valence-electron chi connectivity index (χ1n) is 6.98. The molecule has 1 N–H and O–H groups in total. The zero-order valence-corrected chi connectivity index (χ0v) is 13.4. The minimum atomic E-state index is -0.546. The molecule has 0 radical (unpaired) electrons. The Kier molecular flexibility index (Phi) is 3.91. The van der Waals surface area contributed by atoms with Gasteiger partial charge in [-0.05, 0) is 31.5 Å². The largest absolute Gasteiger partial charge is 0.467 e. The van der Waals surface area contributed by atoms with Crippen LogP contribution in [0.1, 0.15) is 27.9 Å². The minimum absolute atomic E-state index is 0.0289. The molecule has 0 aliphatic rings. The summed E-state index contributed by atoms with van der Waals surface area (Å²) in [6, 6.07) is 3.36. The van der Waals surface area contributed by atoms with Gasteiger partial charge in [0.25, 0.3) is 5.56 Å². The van der Waals surface area contributed by atoms with Crippen LogP contribution in [0.15, 0.2) is 32.4 Å². The molecule has 0 unspecified atom stereocenters. The lowest BCUT2D eigenvalue weighted by molar-refractivity contribution is 0.0531. The number of fused-ring (bicyclic) bond motifs is 1. The predicted octanol–water partition coefficient (Wildman–Crippen LogP) is 1.88. The molecular formula is C15H14N2O5S. The number of nitrogens with one attached hydrogen (secondary N) is 1. The first-order valence-corrected chi connectivity index (χ1v) is 7.80. The van der Waals surface area contributed by atoms with Crippen LogP contribution in [0.2, 0.25) is 0 Å². The average molecular weight is 334 g/mol. The molecule has 0 atom stereocenters. The van der Waals surface area contributed by atoms with E-state index in [1.54, 1.807) is 26.0 Å². The normalized spacial score (nSPS) is 11.0. The Balaban J connectivity index is 2.18. The Bertz CT molecular complexity index is 978. The van der Waals surface area contributed by atoms with Crippen LogP contribution in [0.25, 0.3) is 10.2 Å². The number of rotatable bonds is 4. The van der Waals surface area contributed by atoms with E-state index in [0.29, 0.717) is 26.4 Å². The number of thiophene rings is 1. The molecule has 120 valence electrons. The Hall–Kier alpha value is -2.61. The zero-order chi connectivity index (χ0) is 16.6. The maximum atomic E-state index is 12.6. The third-order valence-electron chi connectivity index (χ3n) is 3.43. The van der Waals surface area contributed by atoms with Gasteiger partial charge in [-0.3, -0.25) is 14.3 Å². The fraction of sp³-hybridized carbons (Fsp3) is 0.267. The molecule has 0 amide bonds. The molecule has 3 rings (SSSR count). The van der Waals surface area contributed by atoms with Gasteiger partial charge in [-0.1, -0.05) is 0 Å². The van der Waals surface area contributed by atoms with Crippen LogP contribution >= 0.6 is 11.3 Å². The second-order valence-electron chi connectivity index (χ2n) is 4.88. The molecule has 0 spiro atoms. The lowest BCUT2D eigenvalue weighted by Gasteiger charge is -2.02. The summed E-state index contributed by atoms with van der Waals surface area (Å²) < 4.78 is 11.2. The molecule has 3 aromatic heterocycles. The molecule has 3 heterocycles. The van der Waals surface area contributed by atoms with Crippen molar-refractivity contribution in [1.82, 2.24) is 9.55 Å². The van der Waals surface area contributed by atoms with Crippen LogP contribution in [0.4, 0.5) is 0 Å². The lowest BCUT2D eigenvalue weighted by atomic mass is 10.2. The highest BCUT2D eigenvalue weighted by Crippen LogP contribution is 2.26. The van der Waals surface area contributed by atoms with Gasteiger partial charge in [0.05, 0.1) is 24.8 Å². The number of aromatic amines is 1. The molecule has 0 bridgehead atoms. The summed E-state index contributed by atoms with van der Waals surface area (Å²) in [5, 5.41) is 0.323. The summed E-state index contributed by atoms with van der Waals surface area (Å²) in [4.78, 5) is 40.1. The third kappa shape index (κ3) is 2.61. The lowest BCUT2D eigenvalue weighted by Crippen LogP contribution is -2.35. The fourth-order valence-electron chi connectivity index (χ4n) is 2.34. The summed E-state index contributed by atoms with van der Waals surface area (Å²) in [7, 11) is 0. The van der Waals surface area contributed by atoms with Gasteiger partial charge < -0.3 is 9.15 Å². The summed E-state index contributed by atoms with van der Waals surface area (Å²) in [5.74, 6) is -0.000479. The highest BCUT2D eigenvalue weighted by molar-refractivity contribution is 7.20. The number of furan rings is 1. The number of aryl methyl sites for hydroxylation is 1. The molecule has 23 heavy (non-hydrogen) atoms. The van der Waals surface area contributed by atoms with Crippen LogP contribution in [0.3, 0.4) is 0 Å². The standard InChI is InChI=1S/C15H14N2O5S/c1-3-21-14(19)11-8(2)10-12(23-11)16-15(20)17(13(10)18)7-9-5-4-6-22-9/h4-6H,3,7H2,1-2H3,(H,16,20). The Morgan fingerprint density at radius 3 is 2.87 bits per heavy atom. The quantitative estimate of drug-likeness (QED) is 0.735. The SMILES string of the molecule is CCOC(=O)c1sc2[nH]c(=O)n(Cc3ccco3)c(=O)c2c1C. The monoisotopic (exact) mass is 334 g/mol. The van der Waals surface area contributed by atoms with E-state index in [4.69, 9.17) is 9.15 Å². The van der Waals surface area contributed by atoms with Crippen molar-refractivity contribution >= 4 is 27.5 Å². The van der Waals surface area contributed by atoms with Crippen molar-refractivity contribution in [1.29, 1.82) is 0 Å². The second-order valence-corrected chi connectivity index (χ2v) is 5.90. The summed E-state index contributed by atoms with van der Waals surface area (Å²) in [6.45, 7) is 3.65. The second kappa shape index (κ2) is 5.88. The van der Waals surface area contributed by atoms with E-state index in [1.807, 2.05) is 0 Å². The molecule has 0 saturated carbocycles. The topological polar surface area (TPSA) is 94.3 Å². The molecular weight excluding hydrogens is 320 g/mol. The van der Waals surface area contributed by atoms with Gasteiger partial charge in [0.15, 0.2) is 0 Å². The molecule has 8 heteroatoms. The van der Waals surface area contributed by atoms with E-state index in [0.717, 1.165) is 15.9 Å². The van der Waals surface area contributed by atoms with Crippen LogP contribution in [0, 0.1) is 6.92 Å². The van der Waals surface area contributed by atoms with Gasteiger partial charge >= 0.3 is 11.7 Å². The smallest absolute Gasteiger partial charge is 0.348 e. The molecule has 0 fully saturated rings.